The number of carbonyl (C=O) groups is 1. The number of nitrogens with zero attached hydrogens (tertiary/aromatic N) is 3. The van der Waals surface area contributed by atoms with Crippen molar-refractivity contribution in [3.8, 4) is 17.2 Å². The van der Waals surface area contributed by atoms with Gasteiger partial charge in [-0.25, -0.2) is 4.98 Å². The first-order chi connectivity index (χ1) is 18.4. The van der Waals surface area contributed by atoms with Gasteiger partial charge in [-0.2, -0.15) is 0 Å². The third-order valence-corrected chi connectivity index (χ3v) is 7.65. The highest BCUT2D eigenvalue weighted by molar-refractivity contribution is 6.32. The lowest BCUT2D eigenvalue weighted by molar-refractivity contribution is -0.117. The maximum absolute atomic E-state index is 13.2. The van der Waals surface area contributed by atoms with E-state index in [1.165, 1.54) is 0 Å². The van der Waals surface area contributed by atoms with Gasteiger partial charge in [-0.1, -0.05) is 23.7 Å². The van der Waals surface area contributed by atoms with Crippen molar-refractivity contribution in [3.63, 3.8) is 0 Å². The molecule has 7 nitrogen and oxygen atoms in total. The van der Waals surface area contributed by atoms with Crippen LogP contribution in [0.1, 0.15) is 35.7 Å². The van der Waals surface area contributed by atoms with Gasteiger partial charge in [-0.05, 0) is 67.8 Å². The lowest BCUT2D eigenvalue weighted by atomic mass is 10.1. The second kappa shape index (κ2) is 11.0. The number of aromatic nitrogens is 2. The summed E-state index contributed by atoms with van der Waals surface area (Å²) in [6.45, 7) is 5.78. The minimum atomic E-state index is -0.0479. The molecule has 1 fully saturated rings. The Hall–Kier alpha value is -3.71. The van der Waals surface area contributed by atoms with Crippen molar-refractivity contribution >= 4 is 34.2 Å². The van der Waals surface area contributed by atoms with Gasteiger partial charge in [-0.3, -0.25) is 4.79 Å². The fourth-order valence-corrected chi connectivity index (χ4v) is 5.27. The highest BCUT2D eigenvalue weighted by atomic mass is 35.5. The molecule has 4 aromatic rings. The molecular weight excluding hydrogens is 502 g/mol. The van der Waals surface area contributed by atoms with Gasteiger partial charge in [-0.15, -0.1) is 0 Å². The van der Waals surface area contributed by atoms with Gasteiger partial charge in [0.1, 0.15) is 23.1 Å². The van der Waals surface area contributed by atoms with Crippen LogP contribution in [0.25, 0.3) is 11.0 Å². The zero-order chi connectivity index (χ0) is 26.8. The summed E-state index contributed by atoms with van der Waals surface area (Å²) >= 11 is 6.30. The van der Waals surface area contributed by atoms with Gasteiger partial charge in [0.25, 0.3) is 0 Å². The number of aryl methyl sites for hydroxylation is 3. The van der Waals surface area contributed by atoms with Gasteiger partial charge in [0, 0.05) is 36.5 Å². The standard InChI is InChI=1S/C30H32ClN3O4/c1-19-14-23(15-20(2)29(19)31)38-13-7-12-33-25-9-6-5-8-24(25)32-30(33)21-16-28(35)34(18-21)26-17-22(36-3)10-11-27(26)37-4/h5-6,8-11,14-15,17,21H,7,12-13,16,18H2,1-4H3. The van der Waals surface area contributed by atoms with Crippen LogP contribution in [0.4, 0.5) is 5.69 Å². The van der Waals surface area contributed by atoms with Crippen molar-refractivity contribution in [1.82, 2.24) is 9.55 Å². The number of halogens is 1. The van der Waals surface area contributed by atoms with Crippen LogP contribution in [0.3, 0.4) is 0 Å². The fraction of sp³-hybridized carbons (Fsp3) is 0.333. The molecule has 8 heteroatoms. The third kappa shape index (κ3) is 5.03. The zero-order valence-electron chi connectivity index (χ0n) is 22.2. The lowest BCUT2D eigenvalue weighted by Gasteiger charge is -2.20. The molecule has 0 aliphatic carbocycles. The number of anilines is 1. The Morgan fingerprint density at radius 1 is 1.00 bits per heavy atom. The Morgan fingerprint density at radius 3 is 2.50 bits per heavy atom. The van der Waals surface area contributed by atoms with Crippen molar-refractivity contribution < 1.29 is 19.0 Å². The van der Waals surface area contributed by atoms with Crippen molar-refractivity contribution in [3.05, 3.63) is 76.6 Å². The summed E-state index contributed by atoms with van der Waals surface area (Å²) in [5.41, 5.74) is 4.71. The van der Waals surface area contributed by atoms with E-state index in [-0.39, 0.29) is 11.8 Å². The third-order valence-electron chi connectivity index (χ3n) is 7.06. The maximum Gasteiger partial charge on any atom is 0.227 e. The number of fused-ring (bicyclic) bond motifs is 1. The number of hydrogen-bond acceptors (Lipinski definition) is 5. The number of amides is 1. The summed E-state index contributed by atoms with van der Waals surface area (Å²) < 4.78 is 19.2. The molecule has 38 heavy (non-hydrogen) atoms. The number of hydrogen-bond donors (Lipinski definition) is 0. The normalized spacial score (nSPS) is 15.3. The van der Waals surface area contributed by atoms with Crippen molar-refractivity contribution in [1.29, 1.82) is 0 Å². The Labute approximate surface area is 227 Å². The quantitative estimate of drug-likeness (QED) is 0.236. The first-order valence-corrected chi connectivity index (χ1v) is 13.1. The summed E-state index contributed by atoms with van der Waals surface area (Å²) in [4.78, 5) is 20.0. The van der Waals surface area contributed by atoms with E-state index in [4.69, 9.17) is 30.8 Å². The molecule has 1 aliphatic heterocycles. The van der Waals surface area contributed by atoms with Crippen LogP contribution in [0.15, 0.2) is 54.6 Å². The second-order valence-electron chi connectivity index (χ2n) is 9.63. The molecule has 0 spiro atoms. The summed E-state index contributed by atoms with van der Waals surface area (Å²) in [6.07, 6.45) is 1.17. The molecule has 0 N–H and O–H groups in total. The molecule has 1 saturated heterocycles. The summed E-state index contributed by atoms with van der Waals surface area (Å²) in [5.74, 6) is 3.05. The van der Waals surface area contributed by atoms with Crippen LogP contribution in [0.5, 0.6) is 17.2 Å². The molecule has 1 aliphatic rings. The first-order valence-electron chi connectivity index (χ1n) is 12.8. The van der Waals surface area contributed by atoms with E-state index in [1.54, 1.807) is 19.1 Å². The monoisotopic (exact) mass is 533 g/mol. The van der Waals surface area contributed by atoms with Gasteiger partial charge >= 0.3 is 0 Å². The van der Waals surface area contributed by atoms with E-state index >= 15 is 0 Å². The van der Waals surface area contributed by atoms with E-state index in [9.17, 15) is 4.79 Å². The highest BCUT2D eigenvalue weighted by Gasteiger charge is 2.36. The van der Waals surface area contributed by atoms with Crippen LogP contribution in [-0.4, -0.2) is 42.8 Å². The van der Waals surface area contributed by atoms with E-state index < -0.39 is 0 Å². The number of para-hydroxylation sites is 2. The summed E-state index contributed by atoms with van der Waals surface area (Å²) in [6, 6.07) is 17.6. The zero-order valence-corrected chi connectivity index (χ0v) is 22.9. The van der Waals surface area contributed by atoms with Gasteiger partial charge in [0.15, 0.2) is 0 Å². The molecule has 1 aromatic heterocycles. The van der Waals surface area contributed by atoms with E-state index in [0.717, 1.165) is 51.7 Å². The smallest absolute Gasteiger partial charge is 0.227 e. The number of methoxy groups -OCH3 is 2. The molecule has 0 saturated carbocycles. The van der Waals surface area contributed by atoms with Crippen molar-refractivity contribution in [2.75, 3.05) is 32.3 Å². The first kappa shape index (κ1) is 25.9. The van der Waals surface area contributed by atoms with E-state index in [0.29, 0.717) is 36.8 Å². The number of imidazole rings is 1. The van der Waals surface area contributed by atoms with Crippen LogP contribution in [0, 0.1) is 13.8 Å². The van der Waals surface area contributed by atoms with Gasteiger partial charge in [0.05, 0.1) is 37.5 Å². The molecule has 3 aromatic carbocycles. The van der Waals surface area contributed by atoms with Crippen LogP contribution in [-0.2, 0) is 11.3 Å². The Kier molecular flexibility index (Phi) is 7.47. The molecule has 2 heterocycles. The van der Waals surface area contributed by atoms with Crippen LogP contribution < -0.4 is 19.1 Å². The molecule has 1 atom stereocenters. The average Bonchev–Trinajstić information content (AvgIpc) is 3.49. The number of ether oxygens (including phenoxy) is 3. The second-order valence-corrected chi connectivity index (χ2v) is 10.0. The van der Waals surface area contributed by atoms with E-state index in [2.05, 4.69) is 10.6 Å². The minimum Gasteiger partial charge on any atom is -0.497 e. The molecule has 0 bridgehead atoms. The molecular formula is C30H32ClN3O4. The minimum absolute atomic E-state index is 0.0389. The predicted molar refractivity (Wildman–Crippen MR) is 150 cm³/mol. The fourth-order valence-electron chi connectivity index (χ4n) is 5.16. The Balaban J connectivity index is 1.36. The van der Waals surface area contributed by atoms with Crippen molar-refractivity contribution in [2.45, 2.75) is 39.2 Å². The number of rotatable bonds is 9. The maximum atomic E-state index is 13.2. The van der Waals surface area contributed by atoms with Crippen LogP contribution in [0.2, 0.25) is 5.02 Å². The summed E-state index contributed by atoms with van der Waals surface area (Å²) in [7, 11) is 3.22. The molecule has 0 radical (unpaired) electrons. The van der Waals surface area contributed by atoms with Gasteiger partial charge < -0.3 is 23.7 Å². The topological polar surface area (TPSA) is 65.8 Å². The van der Waals surface area contributed by atoms with Crippen LogP contribution >= 0.6 is 11.6 Å². The Bertz CT molecular complexity index is 1460. The Morgan fingerprint density at radius 2 is 1.76 bits per heavy atom. The largest absolute Gasteiger partial charge is 0.497 e. The molecule has 1 unspecified atom stereocenters. The SMILES string of the molecule is COc1ccc(OC)c(N2CC(c3nc4ccccc4n3CCCOc3cc(C)c(Cl)c(C)c3)CC2=O)c1. The highest BCUT2D eigenvalue weighted by Crippen LogP contribution is 2.39. The van der Waals surface area contributed by atoms with E-state index in [1.807, 2.05) is 62.4 Å². The van der Waals surface area contributed by atoms with Gasteiger partial charge in [0.2, 0.25) is 5.91 Å². The number of benzene rings is 3. The molecule has 5 rings (SSSR count). The predicted octanol–water partition coefficient (Wildman–Crippen LogP) is 6.31. The summed E-state index contributed by atoms with van der Waals surface area (Å²) in [5, 5.41) is 0.776. The van der Waals surface area contributed by atoms with Crippen molar-refractivity contribution in [2.24, 2.45) is 0 Å². The lowest BCUT2D eigenvalue weighted by Crippen LogP contribution is -2.25. The molecule has 1 amide bonds. The molecule has 198 valence electrons. The number of carbonyl (C=O) groups excluding carboxylic acids is 1. The average molecular weight is 534 g/mol.